The smallest absolute Gasteiger partial charge is 0.135 e. The van der Waals surface area contributed by atoms with Gasteiger partial charge in [-0.15, -0.1) is 0 Å². The lowest BCUT2D eigenvalue weighted by atomic mass is 10.3. The molecule has 0 heterocycles. The standard InChI is InChI=1S/C7H12N4/c1-2-3-11-5-6(4-8)7(9)10/h5,11H,2-3H2,1H3,(H3,9,10)/b6-5-. The Labute approximate surface area is 66.2 Å². The van der Waals surface area contributed by atoms with E-state index in [0.717, 1.165) is 13.0 Å². The van der Waals surface area contributed by atoms with Gasteiger partial charge in [0.05, 0.1) is 0 Å². The van der Waals surface area contributed by atoms with E-state index < -0.39 is 0 Å². The van der Waals surface area contributed by atoms with Crippen molar-refractivity contribution in [2.75, 3.05) is 6.54 Å². The van der Waals surface area contributed by atoms with Crippen LogP contribution in [-0.2, 0) is 0 Å². The highest BCUT2D eigenvalue weighted by Gasteiger charge is 1.95. The van der Waals surface area contributed by atoms with Crippen LogP contribution in [-0.4, -0.2) is 12.4 Å². The second-order valence-electron chi connectivity index (χ2n) is 2.04. The van der Waals surface area contributed by atoms with E-state index in [0.29, 0.717) is 0 Å². The molecule has 0 aromatic rings. The molecule has 0 fully saturated rings. The van der Waals surface area contributed by atoms with Crippen LogP contribution in [0.4, 0.5) is 0 Å². The van der Waals surface area contributed by atoms with E-state index in [4.69, 9.17) is 16.4 Å². The summed E-state index contributed by atoms with van der Waals surface area (Å²) >= 11 is 0. The molecular weight excluding hydrogens is 140 g/mol. The summed E-state index contributed by atoms with van der Waals surface area (Å²) in [5.41, 5.74) is 5.26. The van der Waals surface area contributed by atoms with Crippen molar-refractivity contribution < 1.29 is 0 Å². The molecule has 60 valence electrons. The van der Waals surface area contributed by atoms with Crippen LogP contribution in [0.25, 0.3) is 0 Å². The summed E-state index contributed by atoms with van der Waals surface area (Å²) in [4.78, 5) is 0. The number of nitriles is 1. The molecule has 0 radical (unpaired) electrons. The number of nitrogens with one attached hydrogen (secondary N) is 2. The minimum absolute atomic E-state index is 0.179. The fourth-order valence-electron chi connectivity index (χ4n) is 0.489. The first-order valence-corrected chi connectivity index (χ1v) is 3.40. The molecular formula is C7H12N4. The third-order valence-corrected chi connectivity index (χ3v) is 1.05. The Morgan fingerprint density at radius 2 is 2.45 bits per heavy atom. The maximum atomic E-state index is 8.42. The summed E-state index contributed by atoms with van der Waals surface area (Å²) in [5, 5.41) is 18.2. The Hall–Kier alpha value is -1.50. The van der Waals surface area contributed by atoms with Crippen LogP contribution in [0.15, 0.2) is 11.8 Å². The van der Waals surface area contributed by atoms with Crippen molar-refractivity contribution in [2.45, 2.75) is 13.3 Å². The van der Waals surface area contributed by atoms with Crippen LogP contribution in [0.3, 0.4) is 0 Å². The van der Waals surface area contributed by atoms with Crippen LogP contribution < -0.4 is 11.1 Å². The third kappa shape index (κ3) is 3.98. The second-order valence-corrected chi connectivity index (χ2v) is 2.04. The zero-order chi connectivity index (χ0) is 8.69. The van der Waals surface area contributed by atoms with Crippen LogP contribution in [0.2, 0.25) is 0 Å². The number of nitrogens with two attached hydrogens (primary N) is 1. The van der Waals surface area contributed by atoms with Crippen molar-refractivity contribution in [2.24, 2.45) is 5.73 Å². The average Bonchev–Trinajstić information content (AvgIpc) is 1.97. The van der Waals surface area contributed by atoms with E-state index in [1.807, 2.05) is 13.0 Å². The normalized spacial score (nSPS) is 10.4. The topological polar surface area (TPSA) is 85.7 Å². The molecule has 4 N–H and O–H groups in total. The second kappa shape index (κ2) is 5.30. The molecule has 0 aliphatic carbocycles. The summed E-state index contributed by atoms with van der Waals surface area (Å²) in [7, 11) is 0. The van der Waals surface area contributed by atoms with Gasteiger partial charge in [-0.1, -0.05) is 6.92 Å². The molecule has 0 atom stereocenters. The quantitative estimate of drug-likeness (QED) is 0.235. The average molecular weight is 152 g/mol. The maximum absolute atomic E-state index is 8.42. The van der Waals surface area contributed by atoms with Crippen molar-refractivity contribution in [3.05, 3.63) is 11.8 Å². The van der Waals surface area contributed by atoms with Crippen molar-refractivity contribution in [3.63, 3.8) is 0 Å². The zero-order valence-electron chi connectivity index (χ0n) is 6.52. The highest BCUT2D eigenvalue weighted by atomic mass is 14.8. The van der Waals surface area contributed by atoms with Gasteiger partial charge in [-0.3, -0.25) is 5.41 Å². The molecule has 0 saturated heterocycles. The first-order chi connectivity index (χ1) is 5.22. The highest BCUT2D eigenvalue weighted by Crippen LogP contribution is 1.86. The lowest BCUT2D eigenvalue weighted by Gasteiger charge is -1.97. The first-order valence-electron chi connectivity index (χ1n) is 3.40. The third-order valence-electron chi connectivity index (χ3n) is 1.05. The van der Waals surface area contributed by atoms with Gasteiger partial charge in [-0.05, 0) is 6.42 Å². The molecule has 0 unspecified atom stereocenters. The zero-order valence-corrected chi connectivity index (χ0v) is 6.52. The van der Waals surface area contributed by atoms with Crippen molar-refractivity contribution in [1.82, 2.24) is 5.32 Å². The van der Waals surface area contributed by atoms with Gasteiger partial charge in [0, 0.05) is 12.7 Å². The SMILES string of the molecule is CCCN/C=C(/C#N)C(=N)N. The van der Waals surface area contributed by atoms with E-state index in [1.165, 1.54) is 6.20 Å². The van der Waals surface area contributed by atoms with Crippen molar-refractivity contribution in [3.8, 4) is 6.07 Å². The monoisotopic (exact) mass is 152 g/mol. The molecule has 4 nitrogen and oxygen atoms in total. The molecule has 0 aromatic heterocycles. The maximum Gasteiger partial charge on any atom is 0.135 e. The highest BCUT2D eigenvalue weighted by molar-refractivity contribution is 5.97. The van der Waals surface area contributed by atoms with Crippen LogP contribution in [0, 0.1) is 16.7 Å². The predicted molar refractivity (Wildman–Crippen MR) is 43.9 cm³/mol. The molecule has 0 aromatic carbocycles. The molecule has 0 spiro atoms. The van der Waals surface area contributed by atoms with Crippen LogP contribution in [0.1, 0.15) is 13.3 Å². The summed E-state index contributed by atoms with van der Waals surface area (Å²) in [5.74, 6) is -0.198. The van der Waals surface area contributed by atoms with E-state index in [9.17, 15) is 0 Å². The molecule has 11 heavy (non-hydrogen) atoms. The molecule has 0 rings (SSSR count). The Balaban J connectivity index is 3.95. The molecule has 0 bridgehead atoms. The Morgan fingerprint density at radius 1 is 1.82 bits per heavy atom. The van der Waals surface area contributed by atoms with Gasteiger partial charge in [0.15, 0.2) is 0 Å². The Morgan fingerprint density at radius 3 is 2.82 bits per heavy atom. The number of hydrogen-bond acceptors (Lipinski definition) is 3. The van der Waals surface area contributed by atoms with Gasteiger partial charge in [0.2, 0.25) is 0 Å². The lowest BCUT2D eigenvalue weighted by Crippen LogP contribution is -2.15. The first kappa shape index (κ1) is 9.50. The van der Waals surface area contributed by atoms with Crippen molar-refractivity contribution in [1.29, 1.82) is 10.7 Å². The van der Waals surface area contributed by atoms with Crippen LogP contribution in [0.5, 0.6) is 0 Å². The minimum atomic E-state index is -0.198. The fraction of sp³-hybridized carbons (Fsp3) is 0.429. The number of hydrogen-bond donors (Lipinski definition) is 3. The Kier molecular flexibility index (Phi) is 4.58. The lowest BCUT2D eigenvalue weighted by molar-refractivity contribution is 0.808. The number of nitrogens with zero attached hydrogens (tertiary/aromatic N) is 1. The molecule has 0 amide bonds. The van der Waals surface area contributed by atoms with E-state index in [1.54, 1.807) is 0 Å². The van der Waals surface area contributed by atoms with Gasteiger partial charge in [0.1, 0.15) is 17.5 Å². The molecule has 0 saturated carbocycles. The summed E-state index contributed by atoms with van der Waals surface area (Å²) in [6.07, 6.45) is 2.44. The van der Waals surface area contributed by atoms with E-state index >= 15 is 0 Å². The van der Waals surface area contributed by atoms with Gasteiger partial charge in [0.25, 0.3) is 0 Å². The predicted octanol–water partition coefficient (Wildman–Crippen LogP) is 0.329. The van der Waals surface area contributed by atoms with Gasteiger partial charge in [-0.2, -0.15) is 5.26 Å². The van der Waals surface area contributed by atoms with Gasteiger partial charge < -0.3 is 11.1 Å². The van der Waals surface area contributed by atoms with E-state index in [2.05, 4.69) is 5.32 Å². The van der Waals surface area contributed by atoms with E-state index in [-0.39, 0.29) is 11.4 Å². The number of rotatable bonds is 4. The summed E-state index contributed by atoms with van der Waals surface area (Å²) < 4.78 is 0. The van der Waals surface area contributed by atoms with Gasteiger partial charge in [-0.25, -0.2) is 0 Å². The summed E-state index contributed by atoms with van der Waals surface area (Å²) in [6.45, 7) is 2.80. The fourth-order valence-corrected chi connectivity index (χ4v) is 0.489. The van der Waals surface area contributed by atoms with Gasteiger partial charge >= 0.3 is 0 Å². The molecule has 4 heteroatoms. The minimum Gasteiger partial charge on any atom is -0.390 e. The van der Waals surface area contributed by atoms with Crippen LogP contribution >= 0.6 is 0 Å². The van der Waals surface area contributed by atoms with Crippen molar-refractivity contribution >= 4 is 5.84 Å². The largest absolute Gasteiger partial charge is 0.390 e. The molecule has 0 aliphatic rings. The number of amidine groups is 1. The summed E-state index contributed by atoms with van der Waals surface area (Å²) in [6, 6.07) is 1.81. The molecule has 0 aliphatic heterocycles. The Bertz CT molecular complexity index is 199.